The number of ether oxygens (including phenoxy) is 2. The fraction of sp³-hybridized carbons (Fsp3) is 0.419. The Morgan fingerprint density at radius 1 is 0.974 bits per heavy atom. The summed E-state index contributed by atoms with van der Waals surface area (Å²) >= 11 is 0. The number of amides is 1. The molecule has 1 aromatic heterocycles. The third kappa shape index (κ3) is 5.64. The maximum Gasteiger partial charge on any atom is 0.249 e. The Kier molecular flexibility index (Phi) is 7.50. The third-order valence-electron chi connectivity index (χ3n) is 8.12. The molecular formula is C31H35N3O5. The molecule has 204 valence electrons. The van der Waals surface area contributed by atoms with Crippen LogP contribution >= 0.6 is 0 Å². The minimum atomic E-state index is -1.18. The van der Waals surface area contributed by atoms with Crippen molar-refractivity contribution in [3.8, 4) is 22.8 Å². The van der Waals surface area contributed by atoms with Crippen LogP contribution in [0.3, 0.4) is 0 Å². The molecule has 2 aromatic carbocycles. The van der Waals surface area contributed by atoms with Crippen LogP contribution in [0.25, 0.3) is 11.3 Å². The van der Waals surface area contributed by atoms with Crippen molar-refractivity contribution in [2.24, 2.45) is 5.92 Å². The highest BCUT2D eigenvalue weighted by Crippen LogP contribution is 2.35. The first-order valence-corrected chi connectivity index (χ1v) is 13.9. The van der Waals surface area contributed by atoms with Gasteiger partial charge in [-0.3, -0.25) is 9.78 Å². The van der Waals surface area contributed by atoms with Gasteiger partial charge in [-0.05, 0) is 85.8 Å². The number of benzene rings is 2. The van der Waals surface area contributed by atoms with Crippen LogP contribution in [-0.4, -0.2) is 71.0 Å². The monoisotopic (exact) mass is 529 g/mol. The highest BCUT2D eigenvalue weighted by molar-refractivity contribution is 5.81. The van der Waals surface area contributed by atoms with Gasteiger partial charge in [-0.15, -0.1) is 0 Å². The SMILES string of the molecule is O=C(N[C@H](CN1CCCC1)[C@H](O)c1ccc2c(c1)OCCO2)C(O)C1Cc2ccc(-c3ccccn3)cc2C1. The normalized spacial score (nSPS) is 20.7. The number of nitrogens with one attached hydrogen (secondary N) is 1. The largest absolute Gasteiger partial charge is 0.486 e. The smallest absolute Gasteiger partial charge is 0.249 e. The topological polar surface area (TPSA) is 104 Å². The average molecular weight is 530 g/mol. The summed E-state index contributed by atoms with van der Waals surface area (Å²) in [7, 11) is 0. The Labute approximate surface area is 228 Å². The van der Waals surface area contributed by atoms with Crippen LogP contribution in [0.4, 0.5) is 0 Å². The number of carbonyl (C=O) groups is 1. The van der Waals surface area contributed by atoms with Crippen LogP contribution in [0.2, 0.25) is 0 Å². The zero-order chi connectivity index (χ0) is 26.8. The van der Waals surface area contributed by atoms with Gasteiger partial charge in [-0.2, -0.15) is 0 Å². The van der Waals surface area contributed by atoms with Gasteiger partial charge in [0.15, 0.2) is 11.5 Å². The Bertz CT molecular complexity index is 1310. The molecule has 3 aliphatic rings. The molecule has 39 heavy (non-hydrogen) atoms. The number of carbonyl (C=O) groups excluding carboxylic acids is 1. The third-order valence-corrected chi connectivity index (χ3v) is 8.12. The van der Waals surface area contributed by atoms with Crippen LogP contribution < -0.4 is 14.8 Å². The van der Waals surface area contributed by atoms with Gasteiger partial charge in [-0.1, -0.05) is 24.3 Å². The zero-order valence-electron chi connectivity index (χ0n) is 22.0. The van der Waals surface area contributed by atoms with Crippen molar-refractivity contribution in [1.29, 1.82) is 0 Å². The number of pyridine rings is 1. The molecule has 0 radical (unpaired) electrons. The molecule has 1 fully saturated rings. The predicted molar refractivity (Wildman–Crippen MR) is 147 cm³/mol. The molecule has 2 aliphatic heterocycles. The number of aromatic nitrogens is 1. The minimum absolute atomic E-state index is 0.224. The lowest BCUT2D eigenvalue weighted by molar-refractivity contribution is -0.133. The van der Waals surface area contributed by atoms with E-state index in [1.54, 1.807) is 18.3 Å². The van der Waals surface area contributed by atoms with Crippen molar-refractivity contribution in [1.82, 2.24) is 15.2 Å². The highest BCUT2D eigenvalue weighted by atomic mass is 16.6. The van der Waals surface area contributed by atoms with Crippen molar-refractivity contribution >= 4 is 5.91 Å². The molecular weight excluding hydrogens is 494 g/mol. The Morgan fingerprint density at radius 2 is 1.77 bits per heavy atom. The lowest BCUT2D eigenvalue weighted by Crippen LogP contribution is -2.51. The molecule has 3 aromatic rings. The first kappa shape index (κ1) is 25.8. The fourth-order valence-corrected chi connectivity index (χ4v) is 5.99. The molecule has 2 unspecified atom stereocenters. The summed E-state index contributed by atoms with van der Waals surface area (Å²) in [4.78, 5) is 20.1. The second kappa shape index (κ2) is 11.3. The lowest BCUT2D eigenvalue weighted by atomic mass is 9.96. The molecule has 1 amide bonds. The molecule has 0 spiro atoms. The molecule has 3 N–H and O–H groups in total. The van der Waals surface area contributed by atoms with E-state index < -0.39 is 24.2 Å². The number of hydrogen-bond acceptors (Lipinski definition) is 7. The minimum Gasteiger partial charge on any atom is -0.486 e. The van der Waals surface area contributed by atoms with Gasteiger partial charge in [0.1, 0.15) is 25.4 Å². The molecule has 8 heteroatoms. The molecule has 4 atom stereocenters. The van der Waals surface area contributed by atoms with Gasteiger partial charge < -0.3 is 29.9 Å². The summed E-state index contributed by atoms with van der Waals surface area (Å²) in [5.74, 6) is 0.578. The van der Waals surface area contributed by atoms with E-state index in [1.165, 1.54) is 0 Å². The second-order valence-corrected chi connectivity index (χ2v) is 10.8. The van der Waals surface area contributed by atoms with Gasteiger partial charge in [0.05, 0.1) is 11.7 Å². The first-order chi connectivity index (χ1) is 19.0. The highest BCUT2D eigenvalue weighted by Gasteiger charge is 2.35. The standard InChI is InChI=1S/C31H35N3O5/c35-29(22-8-9-27-28(18-22)39-14-13-38-27)26(19-34-11-3-4-12-34)33-31(37)30(36)24-15-20-6-7-21(16-23(20)17-24)25-5-1-2-10-32-25/h1-2,5-10,16,18,24,26,29-30,35-36H,3-4,11-15,17,19H2,(H,33,37)/t24?,26-,29-,30?/m1/s1. The van der Waals surface area contributed by atoms with E-state index in [1.807, 2.05) is 30.3 Å². The van der Waals surface area contributed by atoms with Crippen LogP contribution in [0.15, 0.2) is 60.8 Å². The zero-order valence-corrected chi connectivity index (χ0v) is 22.0. The van der Waals surface area contributed by atoms with E-state index >= 15 is 0 Å². The van der Waals surface area contributed by atoms with E-state index in [0.717, 1.165) is 48.3 Å². The van der Waals surface area contributed by atoms with E-state index in [0.29, 0.717) is 49.7 Å². The molecule has 0 saturated carbocycles. The first-order valence-electron chi connectivity index (χ1n) is 13.9. The number of rotatable bonds is 8. The van der Waals surface area contributed by atoms with Crippen LogP contribution in [0.1, 0.15) is 35.6 Å². The van der Waals surface area contributed by atoms with Crippen molar-refractivity contribution in [2.75, 3.05) is 32.8 Å². The maximum absolute atomic E-state index is 13.4. The molecule has 1 aliphatic carbocycles. The molecule has 0 bridgehead atoms. The number of aliphatic hydroxyl groups excluding tert-OH is 2. The van der Waals surface area contributed by atoms with E-state index in [4.69, 9.17) is 9.47 Å². The fourth-order valence-electron chi connectivity index (χ4n) is 5.99. The van der Waals surface area contributed by atoms with Crippen molar-refractivity contribution in [3.63, 3.8) is 0 Å². The van der Waals surface area contributed by atoms with Crippen molar-refractivity contribution in [3.05, 3.63) is 77.5 Å². The van der Waals surface area contributed by atoms with Crippen molar-refractivity contribution in [2.45, 2.75) is 43.9 Å². The number of aliphatic hydroxyl groups is 2. The molecule has 8 nitrogen and oxygen atoms in total. The number of likely N-dealkylation sites (tertiary alicyclic amines) is 1. The van der Waals surface area contributed by atoms with Crippen molar-refractivity contribution < 1.29 is 24.5 Å². The number of fused-ring (bicyclic) bond motifs is 2. The van der Waals surface area contributed by atoms with E-state index in [2.05, 4.69) is 27.3 Å². The Hall–Kier alpha value is -3.46. The second-order valence-electron chi connectivity index (χ2n) is 10.8. The number of nitrogens with zero attached hydrogens (tertiary/aromatic N) is 2. The summed E-state index contributed by atoms with van der Waals surface area (Å²) < 4.78 is 11.3. The van der Waals surface area contributed by atoms with Crippen LogP contribution in [0, 0.1) is 5.92 Å². The van der Waals surface area contributed by atoms with Gasteiger partial charge >= 0.3 is 0 Å². The van der Waals surface area contributed by atoms with E-state index in [-0.39, 0.29) is 5.92 Å². The maximum atomic E-state index is 13.4. The van der Waals surface area contributed by atoms with Gasteiger partial charge in [0.25, 0.3) is 0 Å². The molecule has 3 heterocycles. The van der Waals surface area contributed by atoms with Crippen LogP contribution in [-0.2, 0) is 17.6 Å². The van der Waals surface area contributed by atoms with Gasteiger partial charge in [0.2, 0.25) is 5.91 Å². The van der Waals surface area contributed by atoms with Gasteiger partial charge in [0, 0.05) is 24.2 Å². The summed E-state index contributed by atoms with van der Waals surface area (Å²) in [6.07, 6.45) is 3.09. The Morgan fingerprint density at radius 3 is 2.56 bits per heavy atom. The van der Waals surface area contributed by atoms with Crippen LogP contribution in [0.5, 0.6) is 11.5 Å². The van der Waals surface area contributed by atoms with E-state index in [9.17, 15) is 15.0 Å². The molecule has 1 saturated heterocycles. The molecule has 6 rings (SSSR count). The Balaban J connectivity index is 1.15. The predicted octanol–water partition coefficient (Wildman–Crippen LogP) is 2.91. The quantitative estimate of drug-likeness (QED) is 0.412. The summed E-state index contributed by atoms with van der Waals surface area (Å²) in [5, 5.41) is 25.5. The summed E-state index contributed by atoms with van der Waals surface area (Å²) in [6.45, 7) is 3.32. The summed E-state index contributed by atoms with van der Waals surface area (Å²) in [5.41, 5.74) is 4.87. The lowest BCUT2D eigenvalue weighted by Gasteiger charge is -2.30. The van der Waals surface area contributed by atoms with Gasteiger partial charge in [-0.25, -0.2) is 0 Å². The number of hydrogen-bond donors (Lipinski definition) is 3. The average Bonchev–Trinajstić information content (AvgIpc) is 3.66. The summed E-state index contributed by atoms with van der Waals surface area (Å²) in [6, 6.07) is 16.9.